The summed E-state index contributed by atoms with van der Waals surface area (Å²) in [6.45, 7) is 4.60. The van der Waals surface area contributed by atoms with Crippen LogP contribution in [0.15, 0.2) is 27.9 Å². The topological polar surface area (TPSA) is 116 Å². The molecule has 0 atom stereocenters. The van der Waals surface area contributed by atoms with Crippen LogP contribution in [-0.2, 0) is 11.3 Å². The maximum atomic E-state index is 11.8. The van der Waals surface area contributed by atoms with Crippen LogP contribution >= 0.6 is 0 Å². The van der Waals surface area contributed by atoms with Crippen LogP contribution in [0.5, 0.6) is 0 Å². The van der Waals surface area contributed by atoms with Gasteiger partial charge in [0.25, 0.3) is 5.91 Å². The van der Waals surface area contributed by atoms with Crippen LogP contribution in [0.2, 0.25) is 0 Å². The van der Waals surface area contributed by atoms with Crippen molar-refractivity contribution in [3.05, 3.63) is 45.7 Å². The molecule has 22 heavy (non-hydrogen) atoms. The minimum Gasteiger partial charge on any atom is -0.463 e. The predicted octanol–water partition coefficient (Wildman–Crippen LogP) is 1.54. The second-order valence-corrected chi connectivity index (χ2v) is 4.64. The van der Waals surface area contributed by atoms with Crippen molar-refractivity contribution in [2.75, 3.05) is 0 Å². The molecule has 0 aromatic carbocycles. The van der Waals surface area contributed by atoms with Crippen LogP contribution in [0.4, 0.5) is 5.69 Å². The van der Waals surface area contributed by atoms with E-state index in [9.17, 15) is 14.9 Å². The molecule has 0 fully saturated rings. The zero-order valence-electron chi connectivity index (χ0n) is 12.4. The monoisotopic (exact) mass is 305 g/mol. The summed E-state index contributed by atoms with van der Waals surface area (Å²) in [6, 6.07) is 3.43. The van der Waals surface area contributed by atoms with Crippen LogP contribution in [0, 0.1) is 24.0 Å². The SMILES string of the molecule is C/C(=N/NC(=O)Cn1nc(C)c([N+](=O)[O-])c1C)c1ccco1. The van der Waals surface area contributed by atoms with Crippen molar-refractivity contribution >= 4 is 17.3 Å². The third kappa shape index (κ3) is 3.19. The Morgan fingerprint density at radius 1 is 1.55 bits per heavy atom. The molecule has 1 amide bonds. The molecule has 0 aliphatic carbocycles. The second-order valence-electron chi connectivity index (χ2n) is 4.64. The van der Waals surface area contributed by atoms with Gasteiger partial charge in [-0.3, -0.25) is 19.6 Å². The Kier molecular flexibility index (Phi) is 4.35. The smallest absolute Gasteiger partial charge is 0.312 e. The van der Waals surface area contributed by atoms with Gasteiger partial charge in [0.15, 0.2) is 0 Å². The standard InChI is InChI=1S/C13H15N5O4/c1-8(11-5-4-6-22-11)14-15-12(19)7-17-10(3)13(18(20)21)9(2)16-17/h4-6H,7H2,1-3H3,(H,15,19)/b14-8-. The maximum absolute atomic E-state index is 11.8. The number of nitrogens with one attached hydrogen (secondary N) is 1. The summed E-state index contributed by atoms with van der Waals surface area (Å²) in [4.78, 5) is 22.2. The quantitative estimate of drug-likeness (QED) is 0.511. The second kappa shape index (κ2) is 6.20. The molecule has 0 aliphatic rings. The van der Waals surface area contributed by atoms with E-state index < -0.39 is 10.8 Å². The third-order valence-electron chi connectivity index (χ3n) is 3.05. The Bertz CT molecular complexity index is 730. The highest BCUT2D eigenvalue weighted by Crippen LogP contribution is 2.21. The van der Waals surface area contributed by atoms with Gasteiger partial charge in [-0.05, 0) is 32.9 Å². The molecule has 0 bridgehead atoms. The number of aryl methyl sites for hydroxylation is 1. The lowest BCUT2D eigenvalue weighted by Gasteiger charge is -2.03. The fraction of sp³-hybridized carbons (Fsp3) is 0.308. The summed E-state index contributed by atoms with van der Waals surface area (Å²) in [7, 11) is 0. The van der Waals surface area contributed by atoms with Crippen LogP contribution in [0.3, 0.4) is 0 Å². The van der Waals surface area contributed by atoms with Gasteiger partial charge in [-0.1, -0.05) is 0 Å². The number of nitrogens with zero attached hydrogens (tertiary/aromatic N) is 4. The molecule has 2 aromatic heterocycles. The van der Waals surface area contributed by atoms with Crippen LogP contribution in [0.25, 0.3) is 0 Å². The number of rotatable bonds is 5. The average molecular weight is 305 g/mol. The van der Waals surface area contributed by atoms with E-state index in [2.05, 4.69) is 15.6 Å². The lowest BCUT2D eigenvalue weighted by atomic mass is 10.3. The summed E-state index contributed by atoms with van der Waals surface area (Å²) >= 11 is 0. The van der Waals surface area contributed by atoms with Crippen molar-refractivity contribution in [3.63, 3.8) is 0 Å². The first-order valence-corrected chi connectivity index (χ1v) is 6.45. The number of hydrogen-bond donors (Lipinski definition) is 1. The fourth-order valence-corrected chi connectivity index (χ4v) is 1.96. The van der Waals surface area contributed by atoms with Gasteiger partial charge in [-0.15, -0.1) is 0 Å². The molecule has 116 valence electrons. The highest BCUT2D eigenvalue weighted by molar-refractivity contribution is 5.96. The largest absolute Gasteiger partial charge is 0.463 e. The number of furan rings is 1. The summed E-state index contributed by atoms with van der Waals surface area (Å²) < 4.78 is 6.41. The van der Waals surface area contributed by atoms with Gasteiger partial charge in [0.1, 0.15) is 29.4 Å². The van der Waals surface area contributed by atoms with Gasteiger partial charge >= 0.3 is 5.69 Å². The van der Waals surface area contributed by atoms with Crippen molar-refractivity contribution < 1.29 is 14.1 Å². The van der Waals surface area contributed by atoms with Gasteiger partial charge < -0.3 is 4.42 Å². The number of hydrazone groups is 1. The van der Waals surface area contributed by atoms with E-state index in [0.717, 1.165) is 0 Å². The summed E-state index contributed by atoms with van der Waals surface area (Å²) in [6.07, 6.45) is 1.51. The zero-order valence-corrected chi connectivity index (χ0v) is 12.4. The molecule has 0 unspecified atom stereocenters. The third-order valence-corrected chi connectivity index (χ3v) is 3.05. The Hall–Kier alpha value is -2.97. The summed E-state index contributed by atoms with van der Waals surface area (Å²) in [5, 5.41) is 18.8. The van der Waals surface area contributed by atoms with Gasteiger partial charge in [0.2, 0.25) is 0 Å². The highest BCUT2D eigenvalue weighted by atomic mass is 16.6. The Morgan fingerprint density at radius 2 is 2.27 bits per heavy atom. The first-order chi connectivity index (χ1) is 10.4. The number of nitro groups is 1. The van der Waals surface area contributed by atoms with Gasteiger partial charge in [-0.25, -0.2) is 5.43 Å². The molecule has 9 nitrogen and oxygen atoms in total. The maximum Gasteiger partial charge on any atom is 0.312 e. The number of hydrogen-bond acceptors (Lipinski definition) is 6. The van der Waals surface area contributed by atoms with Crippen molar-refractivity contribution in [2.24, 2.45) is 5.10 Å². The van der Waals surface area contributed by atoms with E-state index in [1.54, 1.807) is 26.0 Å². The summed E-state index contributed by atoms with van der Waals surface area (Å²) in [5.74, 6) is 0.105. The molecule has 2 heterocycles. The normalized spacial score (nSPS) is 11.5. The molecule has 9 heteroatoms. The molecule has 2 rings (SSSR count). The molecule has 0 spiro atoms. The molecular weight excluding hydrogens is 290 g/mol. The summed E-state index contributed by atoms with van der Waals surface area (Å²) in [5.41, 5.74) is 3.39. The van der Waals surface area contributed by atoms with E-state index in [-0.39, 0.29) is 17.9 Å². The van der Waals surface area contributed by atoms with Gasteiger partial charge in [0, 0.05) is 0 Å². The molecule has 0 saturated heterocycles. The fourth-order valence-electron chi connectivity index (χ4n) is 1.96. The molecule has 2 aromatic rings. The lowest BCUT2D eigenvalue weighted by molar-refractivity contribution is -0.386. The van der Waals surface area contributed by atoms with E-state index in [4.69, 9.17) is 4.42 Å². The molecule has 0 radical (unpaired) electrons. The highest BCUT2D eigenvalue weighted by Gasteiger charge is 2.22. The lowest BCUT2D eigenvalue weighted by Crippen LogP contribution is -2.25. The van der Waals surface area contributed by atoms with Crippen LogP contribution in [-0.4, -0.2) is 26.3 Å². The van der Waals surface area contributed by atoms with Gasteiger partial charge in [0.05, 0.1) is 11.2 Å². The van der Waals surface area contributed by atoms with Crippen molar-refractivity contribution in [1.29, 1.82) is 0 Å². The van der Waals surface area contributed by atoms with Crippen molar-refractivity contribution in [1.82, 2.24) is 15.2 Å². The molecular formula is C13H15N5O4. The Morgan fingerprint density at radius 3 is 2.82 bits per heavy atom. The van der Waals surface area contributed by atoms with Crippen molar-refractivity contribution in [3.8, 4) is 0 Å². The van der Waals surface area contributed by atoms with E-state index in [1.165, 1.54) is 17.9 Å². The first-order valence-electron chi connectivity index (χ1n) is 6.45. The van der Waals surface area contributed by atoms with Gasteiger partial charge in [-0.2, -0.15) is 10.2 Å². The minimum atomic E-state index is -0.509. The Balaban J connectivity index is 2.06. The molecule has 0 saturated carbocycles. The molecule has 0 aliphatic heterocycles. The number of carbonyl (C=O) groups is 1. The Labute approximate surface area is 125 Å². The number of amides is 1. The zero-order chi connectivity index (χ0) is 16.3. The van der Waals surface area contributed by atoms with E-state index in [1.807, 2.05) is 0 Å². The van der Waals surface area contributed by atoms with Crippen LogP contribution in [0.1, 0.15) is 24.1 Å². The van der Waals surface area contributed by atoms with E-state index in [0.29, 0.717) is 17.2 Å². The predicted molar refractivity (Wildman–Crippen MR) is 77.4 cm³/mol. The minimum absolute atomic E-state index is 0.0805. The number of carbonyl (C=O) groups excluding carboxylic acids is 1. The average Bonchev–Trinajstić information content (AvgIpc) is 3.05. The molecule has 1 N–H and O–H groups in total. The van der Waals surface area contributed by atoms with Crippen molar-refractivity contribution in [2.45, 2.75) is 27.3 Å². The van der Waals surface area contributed by atoms with Crippen LogP contribution < -0.4 is 5.43 Å². The number of aromatic nitrogens is 2. The van der Waals surface area contributed by atoms with E-state index >= 15 is 0 Å². The first kappa shape index (κ1) is 15.4.